The summed E-state index contributed by atoms with van der Waals surface area (Å²) < 4.78 is 0. The van der Waals surface area contributed by atoms with E-state index in [9.17, 15) is 9.59 Å². The zero-order chi connectivity index (χ0) is 16.2. The van der Waals surface area contributed by atoms with Gasteiger partial charge in [-0.2, -0.15) is 0 Å². The van der Waals surface area contributed by atoms with E-state index in [-0.39, 0.29) is 17.5 Å². The molecule has 2 N–H and O–H groups in total. The van der Waals surface area contributed by atoms with Crippen molar-refractivity contribution < 1.29 is 14.7 Å². The van der Waals surface area contributed by atoms with Gasteiger partial charge in [0.2, 0.25) is 0 Å². The second-order valence-corrected chi connectivity index (χ2v) is 5.37. The Balaban J connectivity index is 1.65. The molecule has 0 spiro atoms. The maximum atomic E-state index is 12.1. The summed E-state index contributed by atoms with van der Waals surface area (Å²) in [6.45, 7) is 1.04. The van der Waals surface area contributed by atoms with E-state index >= 15 is 0 Å². The van der Waals surface area contributed by atoms with Gasteiger partial charge in [-0.3, -0.25) is 9.59 Å². The molecule has 2 heterocycles. The van der Waals surface area contributed by atoms with Crippen LogP contribution in [0, 0.1) is 5.92 Å². The first-order valence-electron chi connectivity index (χ1n) is 7.31. The number of nitrogens with one attached hydrogen (secondary N) is 1. The Hall–Kier alpha value is -2.96. The van der Waals surface area contributed by atoms with Crippen LogP contribution in [-0.4, -0.2) is 40.3 Å². The van der Waals surface area contributed by atoms with Crippen molar-refractivity contribution in [2.45, 2.75) is 6.42 Å². The van der Waals surface area contributed by atoms with Crippen LogP contribution >= 0.6 is 0 Å². The highest BCUT2D eigenvalue weighted by Gasteiger charge is 2.28. The summed E-state index contributed by atoms with van der Waals surface area (Å²) in [4.78, 5) is 24.9. The Morgan fingerprint density at radius 3 is 2.52 bits per heavy atom. The number of hydrogen-bond acceptors (Lipinski definition) is 5. The van der Waals surface area contributed by atoms with E-state index in [0.717, 1.165) is 0 Å². The number of hydrogen-bond donors (Lipinski definition) is 2. The number of carboxylic acid groups (broad SMARTS) is 1. The second kappa shape index (κ2) is 6.43. The van der Waals surface area contributed by atoms with Gasteiger partial charge >= 0.3 is 5.97 Å². The lowest BCUT2D eigenvalue weighted by Gasteiger charge is -2.15. The molecule has 1 saturated heterocycles. The van der Waals surface area contributed by atoms with Gasteiger partial charge < -0.3 is 15.3 Å². The average molecular weight is 312 g/mol. The van der Waals surface area contributed by atoms with Crippen LogP contribution in [0.5, 0.6) is 0 Å². The standard InChI is InChI=1S/C16H16N4O3/c21-15(17-12-4-2-1-3-5-12)13-6-7-14(19-18-13)20-9-8-11(10-20)16(22)23/h1-7,11H,8-10H2,(H,17,21)(H,22,23). The van der Waals surface area contributed by atoms with Crippen molar-refractivity contribution in [3.8, 4) is 0 Å². The minimum atomic E-state index is -0.792. The quantitative estimate of drug-likeness (QED) is 0.891. The number of aromatic nitrogens is 2. The number of anilines is 2. The highest BCUT2D eigenvalue weighted by atomic mass is 16.4. The number of carbonyl (C=O) groups is 2. The Bertz CT molecular complexity index is 703. The van der Waals surface area contributed by atoms with Crippen molar-refractivity contribution in [3.63, 3.8) is 0 Å². The molecular weight excluding hydrogens is 296 g/mol. The van der Waals surface area contributed by atoms with E-state index in [1.54, 1.807) is 24.3 Å². The molecule has 1 aliphatic heterocycles. The lowest BCUT2D eigenvalue weighted by atomic mass is 10.1. The molecule has 1 aliphatic rings. The minimum Gasteiger partial charge on any atom is -0.481 e. The van der Waals surface area contributed by atoms with Crippen molar-refractivity contribution in [1.29, 1.82) is 0 Å². The Kier molecular flexibility index (Phi) is 4.18. The second-order valence-electron chi connectivity index (χ2n) is 5.37. The molecule has 1 aromatic heterocycles. The number of carboxylic acids is 1. The topological polar surface area (TPSA) is 95.4 Å². The third-order valence-corrected chi connectivity index (χ3v) is 3.78. The van der Waals surface area contributed by atoms with Crippen molar-refractivity contribution in [3.05, 3.63) is 48.2 Å². The van der Waals surface area contributed by atoms with Crippen LogP contribution in [0.15, 0.2) is 42.5 Å². The van der Waals surface area contributed by atoms with Gasteiger partial charge in [0, 0.05) is 18.8 Å². The Morgan fingerprint density at radius 2 is 1.91 bits per heavy atom. The maximum Gasteiger partial charge on any atom is 0.308 e. The van der Waals surface area contributed by atoms with Gasteiger partial charge in [0.25, 0.3) is 5.91 Å². The molecule has 7 heteroatoms. The highest BCUT2D eigenvalue weighted by molar-refractivity contribution is 6.02. The van der Waals surface area contributed by atoms with Crippen LogP contribution < -0.4 is 10.2 Å². The van der Waals surface area contributed by atoms with Crippen LogP contribution in [0.25, 0.3) is 0 Å². The third kappa shape index (κ3) is 3.45. The van der Waals surface area contributed by atoms with Gasteiger partial charge in [0.1, 0.15) is 0 Å². The predicted molar refractivity (Wildman–Crippen MR) is 84.4 cm³/mol. The minimum absolute atomic E-state index is 0.214. The molecule has 2 aromatic rings. The number of benzene rings is 1. The molecule has 1 amide bonds. The first-order valence-corrected chi connectivity index (χ1v) is 7.31. The highest BCUT2D eigenvalue weighted by Crippen LogP contribution is 2.21. The number of nitrogens with zero attached hydrogens (tertiary/aromatic N) is 3. The van der Waals surface area contributed by atoms with Crippen LogP contribution in [-0.2, 0) is 4.79 Å². The molecule has 1 fully saturated rings. The van der Waals surface area contributed by atoms with E-state index in [1.165, 1.54) is 0 Å². The average Bonchev–Trinajstić information content (AvgIpc) is 3.06. The van der Waals surface area contributed by atoms with E-state index in [4.69, 9.17) is 5.11 Å². The van der Waals surface area contributed by atoms with Gasteiger partial charge in [-0.05, 0) is 30.7 Å². The predicted octanol–water partition coefficient (Wildman–Crippen LogP) is 1.64. The van der Waals surface area contributed by atoms with E-state index in [0.29, 0.717) is 31.0 Å². The Morgan fingerprint density at radius 1 is 1.13 bits per heavy atom. The van der Waals surface area contributed by atoms with Crippen molar-refractivity contribution in [1.82, 2.24) is 10.2 Å². The van der Waals surface area contributed by atoms with Gasteiger partial charge in [-0.15, -0.1) is 10.2 Å². The Labute approximate surface area is 133 Å². The van der Waals surface area contributed by atoms with E-state index < -0.39 is 5.97 Å². The lowest BCUT2D eigenvalue weighted by molar-refractivity contribution is -0.140. The molecule has 23 heavy (non-hydrogen) atoms. The molecule has 118 valence electrons. The van der Waals surface area contributed by atoms with Gasteiger partial charge in [0.15, 0.2) is 11.5 Å². The number of carbonyl (C=O) groups excluding carboxylic acids is 1. The van der Waals surface area contributed by atoms with Crippen LogP contribution in [0.4, 0.5) is 11.5 Å². The number of rotatable bonds is 4. The fourth-order valence-electron chi connectivity index (χ4n) is 2.50. The molecular formula is C16H16N4O3. The number of amides is 1. The van der Waals surface area contributed by atoms with Crippen LogP contribution in [0.2, 0.25) is 0 Å². The lowest BCUT2D eigenvalue weighted by Crippen LogP contribution is -2.24. The maximum absolute atomic E-state index is 12.1. The smallest absolute Gasteiger partial charge is 0.308 e. The van der Waals surface area contributed by atoms with E-state index in [2.05, 4.69) is 15.5 Å². The van der Waals surface area contributed by atoms with Gasteiger partial charge in [0.05, 0.1) is 5.92 Å². The SMILES string of the molecule is O=C(Nc1ccccc1)c1ccc(N2CCC(C(=O)O)C2)nn1. The molecule has 1 unspecified atom stereocenters. The summed E-state index contributed by atoms with van der Waals surface area (Å²) in [5, 5.41) is 19.7. The molecule has 0 bridgehead atoms. The zero-order valence-electron chi connectivity index (χ0n) is 12.3. The fraction of sp³-hybridized carbons (Fsp3) is 0.250. The number of para-hydroxylation sites is 1. The molecule has 0 radical (unpaired) electrons. The van der Waals surface area contributed by atoms with Crippen molar-refractivity contribution >= 4 is 23.4 Å². The van der Waals surface area contributed by atoms with Crippen molar-refractivity contribution in [2.75, 3.05) is 23.3 Å². The molecule has 3 rings (SSSR count). The summed E-state index contributed by atoms with van der Waals surface area (Å²) in [5.74, 6) is -0.915. The fourth-order valence-corrected chi connectivity index (χ4v) is 2.50. The molecule has 7 nitrogen and oxygen atoms in total. The summed E-state index contributed by atoms with van der Waals surface area (Å²) in [6.07, 6.45) is 0.591. The molecule has 0 saturated carbocycles. The van der Waals surface area contributed by atoms with Gasteiger partial charge in [-0.1, -0.05) is 18.2 Å². The summed E-state index contributed by atoms with van der Waals surface area (Å²) in [6, 6.07) is 12.4. The van der Waals surface area contributed by atoms with Gasteiger partial charge in [-0.25, -0.2) is 0 Å². The zero-order valence-corrected chi connectivity index (χ0v) is 12.3. The van der Waals surface area contributed by atoms with Crippen LogP contribution in [0.1, 0.15) is 16.9 Å². The summed E-state index contributed by atoms with van der Waals surface area (Å²) in [7, 11) is 0. The molecule has 1 atom stereocenters. The summed E-state index contributed by atoms with van der Waals surface area (Å²) in [5.41, 5.74) is 0.902. The molecule has 0 aliphatic carbocycles. The summed E-state index contributed by atoms with van der Waals surface area (Å²) >= 11 is 0. The normalized spacial score (nSPS) is 17.0. The first-order chi connectivity index (χ1) is 11.1. The first kappa shape index (κ1) is 15.0. The largest absolute Gasteiger partial charge is 0.481 e. The number of aliphatic carboxylic acids is 1. The van der Waals surface area contributed by atoms with Crippen LogP contribution in [0.3, 0.4) is 0 Å². The monoisotopic (exact) mass is 312 g/mol. The van der Waals surface area contributed by atoms with E-state index in [1.807, 2.05) is 23.1 Å². The van der Waals surface area contributed by atoms with Crippen molar-refractivity contribution in [2.24, 2.45) is 5.92 Å². The third-order valence-electron chi connectivity index (χ3n) is 3.78. The molecule has 1 aromatic carbocycles.